The molecule has 21 heavy (non-hydrogen) atoms. The predicted molar refractivity (Wildman–Crippen MR) is 75.1 cm³/mol. The molecule has 0 aliphatic heterocycles. The number of aromatic nitrogens is 2. The van der Waals surface area contributed by atoms with E-state index in [9.17, 15) is 18.3 Å². The molecule has 0 saturated heterocycles. The van der Waals surface area contributed by atoms with Crippen molar-refractivity contribution in [3.8, 4) is 0 Å². The van der Waals surface area contributed by atoms with Crippen LogP contribution in [-0.2, 0) is 28.3 Å². The number of aliphatic carboxylic acids is 1. The highest BCUT2D eigenvalue weighted by Gasteiger charge is 2.27. The average molecular weight is 309 g/mol. The first-order valence-electron chi connectivity index (χ1n) is 6.17. The molecule has 1 aromatic carbocycles. The van der Waals surface area contributed by atoms with Crippen LogP contribution >= 0.6 is 0 Å². The zero-order valence-corrected chi connectivity index (χ0v) is 12.1. The van der Waals surface area contributed by atoms with Crippen molar-refractivity contribution in [2.75, 3.05) is 0 Å². The van der Waals surface area contributed by atoms with Gasteiger partial charge in [0.1, 0.15) is 6.04 Å². The number of carboxylic acids is 1. The number of nitrogens with zero attached hydrogens (tertiary/aromatic N) is 2. The lowest BCUT2D eigenvalue weighted by molar-refractivity contribution is -0.138. The van der Waals surface area contributed by atoms with Crippen LogP contribution in [0.4, 0.5) is 0 Å². The Labute approximate surface area is 122 Å². The van der Waals surface area contributed by atoms with E-state index in [1.807, 2.05) is 0 Å². The minimum atomic E-state index is -3.94. The Kier molecular flexibility index (Phi) is 4.39. The highest BCUT2D eigenvalue weighted by molar-refractivity contribution is 7.89. The van der Waals surface area contributed by atoms with Gasteiger partial charge in [0, 0.05) is 7.05 Å². The highest BCUT2D eigenvalue weighted by Crippen LogP contribution is 2.10. The second kappa shape index (κ2) is 6.06. The molecule has 0 spiro atoms. The molecular weight excluding hydrogens is 294 g/mol. The van der Waals surface area contributed by atoms with Crippen LogP contribution in [0.3, 0.4) is 0 Å². The monoisotopic (exact) mass is 309 g/mol. The predicted octanol–water partition coefficient (Wildman–Crippen LogP) is 0.394. The quantitative estimate of drug-likeness (QED) is 0.804. The fourth-order valence-electron chi connectivity index (χ4n) is 1.90. The van der Waals surface area contributed by atoms with Gasteiger partial charge in [-0.1, -0.05) is 30.3 Å². The number of sulfonamides is 1. The first-order valence-corrected chi connectivity index (χ1v) is 7.65. The van der Waals surface area contributed by atoms with Crippen molar-refractivity contribution in [2.45, 2.75) is 17.5 Å². The molecule has 7 nitrogen and oxygen atoms in total. The van der Waals surface area contributed by atoms with Crippen LogP contribution in [-0.4, -0.2) is 35.3 Å². The molecular formula is C13H15N3O4S. The van der Waals surface area contributed by atoms with Crippen molar-refractivity contribution in [2.24, 2.45) is 7.05 Å². The van der Waals surface area contributed by atoms with Gasteiger partial charge in [-0.05, 0) is 18.1 Å². The molecule has 0 radical (unpaired) electrons. The molecule has 0 bridgehead atoms. The summed E-state index contributed by atoms with van der Waals surface area (Å²) in [5, 5.41) is 12.9. The lowest BCUT2D eigenvalue weighted by Gasteiger charge is -2.14. The Morgan fingerprint density at radius 1 is 1.33 bits per heavy atom. The maximum absolute atomic E-state index is 12.2. The van der Waals surface area contributed by atoms with Gasteiger partial charge in [-0.3, -0.25) is 9.48 Å². The van der Waals surface area contributed by atoms with Gasteiger partial charge in [-0.15, -0.1) is 0 Å². The number of hydrogen-bond acceptors (Lipinski definition) is 4. The number of nitrogens with one attached hydrogen (secondary N) is 1. The average Bonchev–Trinajstić information content (AvgIpc) is 2.86. The lowest BCUT2D eigenvalue weighted by atomic mass is 10.1. The van der Waals surface area contributed by atoms with Crippen molar-refractivity contribution in [3.63, 3.8) is 0 Å². The van der Waals surface area contributed by atoms with E-state index in [0.29, 0.717) is 0 Å². The van der Waals surface area contributed by atoms with E-state index in [2.05, 4.69) is 9.82 Å². The Morgan fingerprint density at radius 3 is 2.52 bits per heavy atom. The molecule has 0 aliphatic carbocycles. The summed E-state index contributed by atoms with van der Waals surface area (Å²) < 4.78 is 27.7. The number of rotatable bonds is 6. The first-order chi connectivity index (χ1) is 9.90. The van der Waals surface area contributed by atoms with E-state index >= 15 is 0 Å². The lowest BCUT2D eigenvalue weighted by Crippen LogP contribution is -2.42. The molecule has 112 valence electrons. The summed E-state index contributed by atoms with van der Waals surface area (Å²) in [4.78, 5) is 11.3. The van der Waals surface area contributed by atoms with Gasteiger partial charge >= 0.3 is 5.97 Å². The Balaban J connectivity index is 2.21. The second-order valence-electron chi connectivity index (χ2n) is 4.49. The van der Waals surface area contributed by atoms with Crippen LogP contribution in [0.15, 0.2) is 47.6 Å². The van der Waals surface area contributed by atoms with Crippen LogP contribution in [0.25, 0.3) is 0 Å². The van der Waals surface area contributed by atoms with Crippen LogP contribution in [0, 0.1) is 0 Å². The van der Waals surface area contributed by atoms with Gasteiger partial charge in [-0.25, -0.2) is 8.42 Å². The fraction of sp³-hybridized carbons (Fsp3) is 0.231. The number of aryl methyl sites for hydroxylation is 1. The number of carbonyl (C=O) groups is 1. The van der Waals surface area contributed by atoms with Gasteiger partial charge in [0.2, 0.25) is 0 Å². The molecule has 0 aliphatic rings. The van der Waals surface area contributed by atoms with Gasteiger partial charge < -0.3 is 5.11 Å². The molecule has 1 atom stereocenters. The molecule has 1 heterocycles. The fourth-order valence-corrected chi connectivity index (χ4v) is 3.22. The van der Waals surface area contributed by atoms with Crippen LogP contribution in [0.2, 0.25) is 0 Å². The van der Waals surface area contributed by atoms with Gasteiger partial charge in [0.05, 0.1) is 6.20 Å². The maximum Gasteiger partial charge on any atom is 0.322 e. The third-order valence-corrected chi connectivity index (χ3v) is 4.48. The molecule has 0 amide bonds. The minimum absolute atomic E-state index is 0.0628. The van der Waals surface area contributed by atoms with E-state index in [4.69, 9.17) is 0 Å². The van der Waals surface area contributed by atoms with E-state index in [1.165, 1.54) is 24.0 Å². The van der Waals surface area contributed by atoms with Gasteiger partial charge in [-0.2, -0.15) is 9.82 Å². The highest BCUT2D eigenvalue weighted by atomic mass is 32.2. The standard InChI is InChI=1S/C13H15N3O4S/c1-16-12(7-8-14-16)21(19,20)15-11(13(17)18)9-10-5-3-2-4-6-10/h2-8,11,15H,9H2,1H3,(H,17,18)/t11-/m0/s1. The first kappa shape index (κ1) is 15.2. The molecule has 2 aromatic rings. The summed E-state index contributed by atoms with van der Waals surface area (Å²) in [5.74, 6) is -1.23. The minimum Gasteiger partial charge on any atom is -0.480 e. The molecule has 0 saturated carbocycles. The number of benzene rings is 1. The summed E-state index contributed by atoms with van der Waals surface area (Å²) in [6.07, 6.45) is 1.40. The maximum atomic E-state index is 12.2. The zero-order chi connectivity index (χ0) is 15.5. The van der Waals surface area contributed by atoms with Crippen molar-refractivity contribution in [1.29, 1.82) is 0 Å². The van der Waals surface area contributed by atoms with Crippen LogP contribution in [0.5, 0.6) is 0 Å². The topological polar surface area (TPSA) is 101 Å². The van der Waals surface area contributed by atoms with Crippen molar-refractivity contribution in [3.05, 3.63) is 48.2 Å². The van der Waals surface area contributed by atoms with Crippen LogP contribution in [0.1, 0.15) is 5.56 Å². The molecule has 8 heteroatoms. The van der Waals surface area contributed by atoms with Crippen molar-refractivity contribution < 1.29 is 18.3 Å². The Morgan fingerprint density at radius 2 is 2.00 bits per heavy atom. The van der Waals surface area contributed by atoms with Gasteiger partial charge in [0.15, 0.2) is 5.03 Å². The molecule has 0 fully saturated rings. The zero-order valence-electron chi connectivity index (χ0n) is 11.3. The summed E-state index contributed by atoms with van der Waals surface area (Å²) in [5.41, 5.74) is 0.734. The third kappa shape index (κ3) is 3.67. The molecule has 0 unspecified atom stereocenters. The van der Waals surface area contributed by atoms with E-state index in [-0.39, 0.29) is 11.4 Å². The van der Waals surface area contributed by atoms with E-state index < -0.39 is 22.0 Å². The number of hydrogen-bond donors (Lipinski definition) is 2. The molecule has 1 aromatic heterocycles. The third-order valence-electron chi connectivity index (χ3n) is 2.93. The Bertz CT molecular complexity index is 725. The summed E-state index contributed by atoms with van der Waals surface area (Å²) in [6, 6.07) is 8.89. The van der Waals surface area contributed by atoms with Gasteiger partial charge in [0.25, 0.3) is 10.0 Å². The summed E-state index contributed by atoms with van der Waals surface area (Å²) in [6.45, 7) is 0. The Hall–Kier alpha value is -2.19. The largest absolute Gasteiger partial charge is 0.480 e. The normalized spacial score (nSPS) is 13.0. The van der Waals surface area contributed by atoms with Crippen molar-refractivity contribution in [1.82, 2.24) is 14.5 Å². The smallest absolute Gasteiger partial charge is 0.322 e. The number of carboxylic acid groups (broad SMARTS) is 1. The summed E-state index contributed by atoms with van der Waals surface area (Å²) >= 11 is 0. The molecule has 2 rings (SSSR count). The SMILES string of the molecule is Cn1nccc1S(=O)(=O)N[C@@H](Cc1ccccc1)C(=O)O. The van der Waals surface area contributed by atoms with E-state index in [0.717, 1.165) is 5.56 Å². The summed E-state index contributed by atoms with van der Waals surface area (Å²) in [7, 11) is -2.47. The molecule has 2 N–H and O–H groups in total. The van der Waals surface area contributed by atoms with Crippen molar-refractivity contribution >= 4 is 16.0 Å². The second-order valence-corrected chi connectivity index (χ2v) is 6.16. The van der Waals surface area contributed by atoms with Crippen LogP contribution < -0.4 is 4.72 Å². The van der Waals surface area contributed by atoms with E-state index in [1.54, 1.807) is 30.3 Å².